The number of nitrogens with one attached hydrogen (secondary N) is 1. The lowest BCUT2D eigenvalue weighted by atomic mass is 10.2. The highest BCUT2D eigenvalue weighted by molar-refractivity contribution is 6.31. The van der Waals surface area contributed by atoms with Crippen LogP contribution in [0.25, 0.3) is 0 Å². The van der Waals surface area contributed by atoms with E-state index in [0.29, 0.717) is 6.04 Å². The first-order valence-corrected chi connectivity index (χ1v) is 6.37. The van der Waals surface area contributed by atoms with Gasteiger partial charge in [0.25, 0.3) is 0 Å². The average molecular weight is 244 g/mol. The highest BCUT2D eigenvalue weighted by atomic mass is 35.5. The zero-order chi connectivity index (χ0) is 12.1. The van der Waals surface area contributed by atoms with E-state index in [9.17, 15) is 0 Å². The van der Waals surface area contributed by atoms with Crippen LogP contribution in [0.2, 0.25) is 5.02 Å². The highest BCUT2D eigenvalue weighted by Crippen LogP contribution is 2.23. The maximum atomic E-state index is 6.13. The van der Waals surface area contributed by atoms with Crippen molar-refractivity contribution >= 4 is 11.6 Å². The number of aromatic nitrogens is 2. The highest BCUT2D eigenvalue weighted by Gasteiger charge is 2.13. The van der Waals surface area contributed by atoms with E-state index in [4.69, 9.17) is 11.6 Å². The fraction of sp³-hybridized carbons (Fsp3) is 0.750. The van der Waals surface area contributed by atoms with Crippen molar-refractivity contribution in [3.63, 3.8) is 0 Å². The first-order chi connectivity index (χ1) is 7.57. The molecule has 0 radical (unpaired) electrons. The van der Waals surface area contributed by atoms with Crippen molar-refractivity contribution in [3.8, 4) is 0 Å². The lowest BCUT2D eigenvalue weighted by Crippen LogP contribution is -2.20. The van der Waals surface area contributed by atoms with Crippen LogP contribution in [0.1, 0.15) is 44.1 Å². The summed E-state index contributed by atoms with van der Waals surface area (Å²) in [5.41, 5.74) is 2.00. The maximum absolute atomic E-state index is 6.13. The van der Waals surface area contributed by atoms with Crippen LogP contribution >= 0.6 is 11.6 Å². The second-order valence-electron chi connectivity index (χ2n) is 4.32. The molecule has 1 aromatic rings. The molecule has 3 nitrogen and oxygen atoms in total. The maximum Gasteiger partial charge on any atom is 0.0844 e. The molecule has 1 atom stereocenters. The first-order valence-electron chi connectivity index (χ1n) is 5.99. The molecule has 1 N–H and O–H groups in total. The Hall–Kier alpha value is -0.540. The molecule has 0 saturated heterocycles. The molecule has 0 amide bonds. The fourth-order valence-electron chi connectivity index (χ4n) is 1.81. The molecule has 0 spiro atoms. The molecule has 0 aliphatic rings. The number of hydrogen-bond acceptors (Lipinski definition) is 2. The number of nitrogens with zero attached hydrogens (tertiary/aromatic N) is 2. The molecular weight excluding hydrogens is 222 g/mol. The summed E-state index contributed by atoms with van der Waals surface area (Å²) in [5, 5.41) is 8.67. The van der Waals surface area contributed by atoms with Crippen molar-refractivity contribution in [1.29, 1.82) is 0 Å². The summed E-state index contributed by atoms with van der Waals surface area (Å²) >= 11 is 6.13. The van der Waals surface area contributed by atoms with Crippen molar-refractivity contribution in [3.05, 3.63) is 16.4 Å². The van der Waals surface area contributed by atoms with Crippen LogP contribution in [-0.4, -0.2) is 22.9 Å². The van der Waals surface area contributed by atoms with Crippen LogP contribution in [0.3, 0.4) is 0 Å². The monoisotopic (exact) mass is 243 g/mol. The van der Waals surface area contributed by atoms with Gasteiger partial charge < -0.3 is 5.32 Å². The van der Waals surface area contributed by atoms with Crippen LogP contribution < -0.4 is 5.32 Å². The van der Waals surface area contributed by atoms with Crippen molar-refractivity contribution in [2.75, 3.05) is 13.1 Å². The van der Waals surface area contributed by atoms with Gasteiger partial charge in [0.15, 0.2) is 0 Å². The van der Waals surface area contributed by atoms with Crippen LogP contribution in [0.5, 0.6) is 0 Å². The molecule has 0 aliphatic heterocycles. The zero-order valence-electron chi connectivity index (χ0n) is 10.7. The minimum atomic E-state index is 0.399. The van der Waals surface area contributed by atoms with Gasteiger partial charge >= 0.3 is 0 Å². The first kappa shape index (κ1) is 13.5. The van der Waals surface area contributed by atoms with Crippen LogP contribution in [0.4, 0.5) is 0 Å². The second-order valence-corrected chi connectivity index (χ2v) is 4.70. The average Bonchev–Trinajstić information content (AvgIpc) is 2.52. The van der Waals surface area contributed by atoms with Gasteiger partial charge in [0.2, 0.25) is 0 Å². The predicted molar refractivity (Wildman–Crippen MR) is 69.2 cm³/mol. The summed E-state index contributed by atoms with van der Waals surface area (Å²) in [6.45, 7) is 10.5. The normalized spacial score (nSPS) is 13.1. The molecule has 4 heteroatoms. The molecular formula is C12H22ClN3. The van der Waals surface area contributed by atoms with Crippen molar-refractivity contribution in [2.45, 2.75) is 46.6 Å². The topological polar surface area (TPSA) is 29.9 Å². The fourth-order valence-corrected chi connectivity index (χ4v) is 1.93. The Morgan fingerprint density at radius 3 is 2.56 bits per heavy atom. The zero-order valence-corrected chi connectivity index (χ0v) is 11.4. The third-order valence-corrected chi connectivity index (χ3v) is 3.37. The Morgan fingerprint density at radius 1 is 1.38 bits per heavy atom. The Kier molecular flexibility index (Phi) is 5.29. The summed E-state index contributed by atoms with van der Waals surface area (Å²) in [6, 6.07) is 0.399. The minimum absolute atomic E-state index is 0.399. The Bertz CT molecular complexity index is 333. The molecule has 1 aromatic heterocycles. The van der Waals surface area contributed by atoms with Gasteiger partial charge in [-0.3, -0.25) is 4.68 Å². The lowest BCUT2D eigenvalue weighted by molar-refractivity contribution is 0.435. The largest absolute Gasteiger partial charge is 0.317 e. The van der Waals surface area contributed by atoms with E-state index in [1.165, 1.54) is 6.42 Å². The van der Waals surface area contributed by atoms with E-state index in [2.05, 4.69) is 24.3 Å². The van der Waals surface area contributed by atoms with E-state index in [-0.39, 0.29) is 0 Å². The SMILES string of the molecule is CCCNCCC(C)n1nc(C)c(Cl)c1C. The van der Waals surface area contributed by atoms with Crippen molar-refractivity contribution in [2.24, 2.45) is 0 Å². The Labute approximate surface area is 103 Å². The predicted octanol–water partition coefficient (Wildman–Crippen LogP) is 3.10. The number of halogens is 1. The van der Waals surface area contributed by atoms with E-state index in [0.717, 1.165) is 35.9 Å². The van der Waals surface area contributed by atoms with Crippen molar-refractivity contribution < 1.29 is 0 Å². The third kappa shape index (κ3) is 3.22. The minimum Gasteiger partial charge on any atom is -0.317 e. The van der Waals surface area contributed by atoms with Gasteiger partial charge in [-0.05, 0) is 46.7 Å². The Balaban J connectivity index is 2.52. The molecule has 0 bridgehead atoms. The smallest absolute Gasteiger partial charge is 0.0844 e. The van der Waals surface area contributed by atoms with Gasteiger partial charge in [0.05, 0.1) is 22.5 Å². The second kappa shape index (κ2) is 6.26. The quantitative estimate of drug-likeness (QED) is 0.779. The summed E-state index contributed by atoms with van der Waals surface area (Å²) in [4.78, 5) is 0. The van der Waals surface area contributed by atoms with E-state index in [1.807, 2.05) is 18.5 Å². The molecule has 1 rings (SSSR count). The standard InChI is InChI=1S/C12H22ClN3/c1-5-7-14-8-6-9(2)16-11(4)12(13)10(3)15-16/h9,14H,5-8H2,1-4H3. The number of rotatable bonds is 6. The van der Waals surface area contributed by atoms with Crippen molar-refractivity contribution in [1.82, 2.24) is 15.1 Å². The van der Waals surface area contributed by atoms with Gasteiger partial charge in [0, 0.05) is 0 Å². The Morgan fingerprint density at radius 2 is 2.06 bits per heavy atom. The summed E-state index contributed by atoms with van der Waals surface area (Å²) in [7, 11) is 0. The summed E-state index contributed by atoms with van der Waals surface area (Å²) in [5.74, 6) is 0. The molecule has 0 fully saturated rings. The number of aryl methyl sites for hydroxylation is 1. The van der Waals surface area contributed by atoms with Gasteiger partial charge in [0.1, 0.15) is 0 Å². The van der Waals surface area contributed by atoms with Gasteiger partial charge in [-0.15, -0.1) is 0 Å². The molecule has 1 heterocycles. The molecule has 16 heavy (non-hydrogen) atoms. The van der Waals surface area contributed by atoms with Crippen LogP contribution in [-0.2, 0) is 0 Å². The van der Waals surface area contributed by atoms with Gasteiger partial charge in [-0.1, -0.05) is 18.5 Å². The molecule has 0 aliphatic carbocycles. The lowest BCUT2D eigenvalue weighted by Gasteiger charge is -2.14. The van der Waals surface area contributed by atoms with E-state index >= 15 is 0 Å². The van der Waals surface area contributed by atoms with E-state index < -0.39 is 0 Å². The molecule has 0 saturated carbocycles. The van der Waals surface area contributed by atoms with Crippen LogP contribution in [0, 0.1) is 13.8 Å². The van der Waals surface area contributed by atoms with Gasteiger partial charge in [-0.2, -0.15) is 5.10 Å². The summed E-state index contributed by atoms with van der Waals surface area (Å²) in [6.07, 6.45) is 2.26. The van der Waals surface area contributed by atoms with Gasteiger partial charge in [-0.25, -0.2) is 0 Å². The number of hydrogen-bond donors (Lipinski definition) is 1. The summed E-state index contributed by atoms with van der Waals surface area (Å²) < 4.78 is 2.03. The third-order valence-electron chi connectivity index (χ3n) is 2.82. The van der Waals surface area contributed by atoms with Crippen LogP contribution in [0.15, 0.2) is 0 Å². The molecule has 0 aromatic carbocycles. The molecule has 92 valence electrons. The molecule has 1 unspecified atom stereocenters. The van der Waals surface area contributed by atoms with E-state index in [1.54, 1.807) is 0 Å².